The monoisotopic (exact) mass is 510 g/mol. The zero-order valence-corrected chi connectivity index (χ0v) is 23.4. The van der Waals surface area contributed by atoms with E-state index in [0.29, 0.717) is 18.6 Å². The van der Waals surface area contributed by atoms with Crippen molar-refractivity contribution in [1.29, 1.82) is 0 Å². The molecule has 3 fully saturated rings. The second-order valence-corrected chi connectivity index (χ2v) is 11.7. The Kier molecular flexibility index (Phi) is 7.91. The molecule has 3 saturated heterocycles. The summed E-state index contributed by atoms with van der Waals surface area (Å²) < 4.78 is 8.41. The van der Waals surface area contributed by atoms with Gasteiger partial charge in [-0.1, -0.05) is 13.3 Å². The quantitative estimate of drug-likeness (QED) is 0.618. The molecule has 4 atom stereocenters. The molecule has 3 aliphatic rings. The molecule has 37 heavy (non-hydrogen) atoms. The van der Waals surface area contributed by atoms with Gasteiger partial charge in [0.25, 0.3) is 5.56 Å². The highest BCUT2D eigenvalue weighted by Gasteiger charge is 2.40. The molecule has 1 aromatic heterocycles. The van der Waals surface area contributed by atoms with Gasteiger partial charge in [0.15, 0.2) is 0 Å². The molecular formula is C29H46N6O2. The van der Waals surface area contributed by atoms with E-state index in [1.807, 2.05) is 4.57 Å². The van der Waals surface area contributed by atoms with Crippen LogP contribution in [0, 0.1) is 0 Å². The van der Waals surface area contributed by atoms with Crippen molar-refractivity contribution in [2.75, 3.05) is 44.2 Å². The second kappa shape index (κ2) is 11.0. The first-order valence-corrected chi connectivity index (χ1v) is 14.5. The Morgan fingerprint density at radius 2 is 1.84 bits per heavy atom. The Morgan fingerprint density at radius 1 is 1.11 bits per heavy atom. The van der Waals surface area contributed by atoms with Gasteiger partial charge in [0, 0.05) is 50.5 Å². The molecule has 0 amide bonds. The molecular weight excluding hydrogens is 464 g/mol. The summed E-state index contributed by atoms with van der Waals surface area (Å²) in [5, 5.41) is 7.83. The lowest BCUT2D eigenvalue weighted by Gasteiger charge is -2.48. The summed E-state index contributed by atoms with van der Waals surface area (Å²) in [6, 6.07) is 7.30. The van der Waals surface area contributed by atoms with Crippen LogP contribution in [0.5, 0.6) is 0 Å². The Hall–Kier alpha value is -2.00. The van der Waals surface area contributed by atoms with Crippen molar-refractivity contribution < 1.29 is 4.74 Å². The second-order valence-electron chi connectivity index (χ2n) is 11.7. The first kappa shape index (κ1) is 26.6. The third-order valence-electron chi connectivity index (χ3n) is 8.46. The standard InChI is InChI=1S/C29H46N6O2/c1-6-8-26(33-16-20(3)31-21(4)17-33)27-32-25-10-9-23(15-24(25)28(36)35(27)7-2)34-18-22(5)37-29(19-34)11-13-30-14-12-29/h9-10,15,20-22,26,30-31H,6-8,11-14,16-19H2,1-5H3/t20-,21+,22-,26-/m0/s1. The normalized spacial score (nSPS) is 27.6. The molecule has 0 radical (unpaired) electrons. The third kappa shape index (κ3) is 5.44. The number of piperazine rings is 1. The van der Waals surface area contributed by atoms with Gasteiger partial charge in [-0.05, 0) is 78.2 Å². The number of nitrogens with one attached hydrogen (secondary N) is 2. The summed E-state index contributed by atoms with van der Waals surface area (Å²) in [6.07, 6.45) is 4.26. The van der Waals surface area contributed by atoms with Crippen molar-refractivity contribution in [1.82, 2.24) is 25.1 Å². The van der Waals surface area contributed by atoms with Crippen LogP contribution < -0.4 is 21.1 Å². The minimum atomic E-state index is -0.103. The molecule has 2 aromatic rings. The predicted octanol–water partition coefficient (Wildman–Crippen LogP) is 3.29. The number of nitrogens with zero attached hydrogens (tertiary/aromatic N) is 4. The zero-order chi connectivity index (χ0) is 26.2. The van der Waals surface area contributed by atoms with E-state index in [-0.39, 0.29) is 23.3 Å². The lowest BCUT2D eigenvalue weighted by Crippen LogP contribution is -2.58. The van der Waals surface area contributed by atoms with E-state index in [1.165, 1.54) is 0 Å². The van der Waals surface area contributed by atoms with E-state index in [2.05, 4.69) is 73.3 Å². The highest BCUT2D eigenvalue weighted by molar-refractivity contribution is 5.82. The molecule has 4 heterocycles. The Morgan fingerprint density at radius 3 is 2.51 bits per heavy atom. The maximum Gasteiger partial charge on any atom is 0.261 e. The highest BCUT2D eigenvalue weighted by Crippen LogP contribution is 2.34. The smallest absolute Gasteiger partial charge is 0.261 e. The maximum absolute atomic E-state index is 13.9. The fourth-order valence-corrected chi connectivity index (χ4v) is 6.93. The number of hydrogen-bond acceptors (Lipinski definition) is 7. The molecule has 0 aliphatic carbocycles. The van der Waals surface area contributed by atoms with E-state index in [0.717, 1.165) is 87.4 Å². The number of piperidine rings is 1. The molecule has 1 aromatic carbocycles. The first-order chi connectivity index (χ1) is 17.8. The van der Waals surface area contributed by atoms with E-state index >= 15 is 0 Å². The SMILES string of the molecule is CCC[C@@H](c1nc2ccc(N3C[C@H](C)OC4(CCNCC4)C3)cc2c(=O)n1CC)N1C[C@@H](C)N[C@@H](C)C1. The van der Waals surface area contributed by atoms with Crippen LogP contribution in [0.3, 0.4) is 0 Å². The average molecular weight is 511 g/mol. The van der Waals surface area contributed by atoms with Crippen LogP contribution in [0.15, 0.2) is 23.0 Å². The molecule has 0 unspecified atom stereocenters. The highest BCUT2D eigenvalue weighted by atomic mass is 16.5. The number of hydrogen-bond donors (Lipinski definition) is 2. The van der Waals surface area contributed by atoms with E-state index in [9.17, 15) is 4.79 Å². The Labute approximate surface area is 221 Å². The molecule has 0 bridgehead atoms. The fourth-order valence-electron chi connectivity index (χ4n) is 6.93. The molecule has 0 saturated carbocycles. The summed E-state index contributed by atoms with van der Waals surface area (Å²) in [4.78, 5) is 24.1. The Balaban J connectivity index is 1.51. The predicted molar refractivity (Wildman–Crippen MR) is 151 cm³/mol. The van der Waals surface area contributed by atoms with Crippen molar-refractivity contribution in [2.24, 2.45) is 0 Å². The van der Waals surface area contributed by atoms with Crippen LogP contribution in [0.2, 0.25) is 0 Å². The number of morpholine rings is 1. The van der Waals surface area contributed by atoms with Gasteiger partial charge in [-0.3, -0.25) is 14.3 Å². The van der Waals surface area contributed by atoms with Crippen LogP contribution in [-0.4, -0.2) is 77.5 Å². The number of aromatic nitrogens is 2. The number of anilines is 1. The molecule has 204 valence electrons. The fraction of sp³-hybridized carbons (Fsp3) is 0.724. The van der Waals surface area contributed by atoms with Crippen molar-refractivity contribution in [2.45, 2.75) is 96.7 Å². The molecule has 8 heteroatoms. The molecule has 3 aliphatic heterocycles. The van der Waals surface area contributed by atoms with E-state index < -0.39 is 0 Å². The molecule has 2 N–H and O–H groups in total. The van der Waals surface area contributed by atoms with Crippen molar-refractivity contribution in [3.8, 4) is 0 Å². The van der Waals surface area contributed by atoms with E-state index in [1.54, 1.807) is 0 Å². The molecule has 8 nitrogen and oxygen atoms in total. The minimum absolute atomic E-state index is 0.0829. The summed E-state index contributed by atoms with van der Waals surface area (Å²) >= 11 is 0. The van der Waals surface area contributed by atoms with Crippen molar-refractivity contribution in [3.05, 3.63) is 34.4 Å². The number of fused-ring (bicyclic) bond motifs is 1. The summed E-state index contributed by atoms with van der Waals surface area (Å²) in [5.41, 5.74) is 1.89. The summed E-state index contributed by atoms with van der Waals surface area (Å²) in [6.45, 7) is 17.2. The lowest BCUT2D eigenvalue weighted by molar-refractivity contribution is -0.113. The van der Waals surface area contributed by atoms with Gasteiger partial charge in [0.05, 0.1) is 28.6 Å². The van der Waals surface area contributed by atoms with Crippen molar-refractivity contribution in [3.63, 3.8) is 0 Å². The van der Waals surface area contributed by atoms with Crippen LogP contribution in [0.4, 0.5) is 5.69 Å². The summed E-state index contributed by atoms with van der Waals surface area (Å²) in [5.74, 6) is 0.921. The first-order valence-electron chi connectivity index (χ1n) is 14.5. The van der Waals surface area contributed by atoms with Gasteiger partial charge in [0.1, 0.15) is 5.82 Å². The average Bonchev–Trinajstić information content (AvgIpc) is 2.86. The topological polar surface area (TPSA) is 74.7 Å². The van der Waals surface area contributed by atoms with Crippen LogP contribution in [0.25, 0.3) is 10.9 Å². The zero-order valence-electron chi connectivity index (χ0n) is 23.4. The number of rotatable bonds is 6. The third-order valence-corrected chi connectivity index (χ3v) is 8.46. The van der Waals surface area contributed by atoms with Crippen molar-refractivity contribution >= 4 is 16.6 Å². The Bertz CT molecular complexity index is 1130. The maximum atomic E-state index is 13.9. The van der Waals surface area contributed by atoms with Gasteiger partial charge in [0.2, 0.25) is 0 Å². The molecule has 1 spiro atoms. The number of ether oxygens (including phenoxy) is 1. The van der Waals surface area contributed by atoms with E-state index in [4.69, 9.17) is 9.72 Å². The molecule has 5 rings (SSSR count). The van der Waals surface area contributed by atoms with Crippen LogP contribution >= 0.6 is 0 Å². The van der Waals surface area contributed by atoms with Gasteiger partial charge in [-0.2, -0.15) is 0 Å². The summed E-state index contributed by atoms with van der Waals surface area (Å²) in [7, 11) is 0. The van der Waals surface area contributed by atoms with Gasteiger partial charge >= 0.3 is 0 Å². The number of benzene rings is 1. The van der Waals surface area contributed by atoms with Gasteiger partial charge in [-0.25, -0.2) is 4.98 Å². The van der Waals surface area contributed by atoms with Gasteiger partial charge < -0.3 is 20.3 Å². The van der Waals surface area contributed by atoms with Crippen LogP contribution in [0.1, 0.15) is 72.2 Å². The van der Waals surface area contributed by atoms with Crippen LogP contribution in [-0.2, 0) is 11.3 Å². The minimum Gasteiger partial charge on any atom is -0.368 e. The lowest BCUT2D eigenvalue weighted by atomic mass is 9.89. The van der Waals surface area contributed by atoms with Gasteiger partial charge in [-0.15, -0.1) is 0 Å². The largest absolute Gasteiger partial charge is 0.368 e.